The predicted octanol–water partition coefficient (Wildman–Crippen LogP) is 3.39. The minimum absolute atomic E-state index is 0.103. The third-order valence-corrected chi connectivity index (χ3v) is 2.54. The molecule has 0 aromatic heterocycles. The zero-order valence-corrected chi connectivity index (χ0v) is 12.1. The van der Waals surface area contributed by atoms with Crippen molar-refractivity contribution in [3.05, 3.63) is 57.7 Å². The second kappa shape index (κ2) is 7.14. The van der Waals surface area contributed by atoms with E-state index in [1.165, 1.54) is 25.3 Å². The standard InChI is InChI=1S/C15H16N2O4/c1-5-14(16-9-10(2)3)11-6-12(15(18)21-4)8-13(7-11)17(19)20/h5-9H,2H2,1,3-4H3/b14-5-,16-9?. The second-order valence-electron chi connectivity index (χ2n) is 4.30. The molecule has 0 heterocycles. The molecule has 0 bridgehead atoms. The molecule has 0 aliphatic heterocycles. The third-order valence-electron chi connectivity index (χ3n) is 2.54. The van der Waals surface area contributed by atoms with Crippen molar-refractivity contribution in [3.8, 4) is 0 Å². The largest absolute Gasteiger partial charge is 0.465 e. The van der Waals surface area contributed by atoms with Crippen molar-refractivity contribution in [2.24, 2.45) is 4.99 Å². The monoisotopic (exact) mass is 288 g/mol. The van der Waals surface area contributed by atoms with Gasteiger partial charge in [-0.3, -0.25) is 15.1 Å². The van der Waals surface area contributed by atoms with Crippen molar-refractivity contribution in [2.75, 3.05) is 7.11 Å². The molecule has 1 rings (SSSR count). The van der Waals surface area contributed by atoms with Crippen LogP contribution in [0.25, 0.3) is 5.70 Å². The molecule has 6 nitrogen and oxygen atoms in total. The Hall–Kier alpha value is -2.76. The van der Waals surface area contributed by atoms with E-state index in [1.807, 2.05) is 0 Å². The molecular formula is C15H16N2O4. The molecular weight excluding hydrogens is 272 g/mol. The summed E-state index contributed by atoms with van der Waals surface area (Å²) in [5.41, 5.74) is 1.62. The number of esters is 1. The van der Waals surface area contributed by atoms with E-state index in [1.54, 1.807) is 26.1 Å². The van der Waals surface area contributed by atoms with Gasteiger partial charge in [-0.25, -0.2) is 4.79 Å². The van der Waals surface area contributed by atoms with Crippen molar-refractivity contribution >= 4 is 23.6 Å². The van der Waals surface area contributed by atoms with Crippen LogP contribution in [-0.4, -0.2) is 24.2 Å². The van der Waals surface area contributed by atoms with Gasteiger partial charge in [-0.1, -0.05) is 12.7 Å². The highest BCUT2D eigenvalue weighted by molar-refractivity contribution is 5.92. The van der Waals surface area contributed by atoms with E-state index in [4.69, 9.17) is 0 Å². The molecule has 0 N–H and O–H groups in total. The highest BCUT2D eigenvalue weighted by atomic mass is 16.6. The first-order chi connectivity index (χ1) is 9.88. The molecule has 0 unspecified atom stereocenters. The average Bonchev–Trinajstić information content (AvgIpc) is 2.46. The van der Waals surface area contributed by atoms with Crippen LogP contribution >= 0.6 is 0 Å². The smallest absolute Gasteiger partial charge is 0.338 e. The maximum atomic E-state index is 11.6. The van der Waals surface area contributed by atoms with Gasteiger partial charge in [-0.2, -0.15) is 0 Å². The van der Waals surface area contributed by atoms with Crippen LogP contribution in [0.4, 0.5) is 5.69 Å². The number of nitrogens with zero attached hydrogens (tertiary/aromatic N) is 2. The van der Waals surface area contributed by atoms with E-state index in [-0.39, 0.29) is 11.3 Å². The van der Waals surface area contributed by atoms with Crippen LogP contribution in [0.3, 0.4) is 0 Å². The molecule has 110 valence electrons. The molecule has 1 aromatic carbocycles. The highest BCUT2D eigenvalue weighted by Crippen LogP contribution is 2.24. The number of hydrogen-bond acceptors (Lipinski definition) is 5. The Morgan fingerprint density at radius 2 is 2.00 bits per heavy atom. The summed E-state index contributed by atoms with van der Waals surface area (Å²) >= 11 is 0. The molecule has 0 spiro atoms. The fraction of sp³-hybridized carbons (Fsp3) is 0.200. The first-order valence-corrected chi connectivity index (χ1v) is 6.13. The summed E-state index contributed by atoms with van der Waals surface area (Å²) in [5, 5.41) is 11.0. The number of carbonyl (C=O) groups excluding carboxylic acids is 1. The number of non-ortho nitro benzene ring substituents is 1. The Balaban J connectivity index is 3.40. The zero-order valence-electron chi connectivity index (χ0n) is 12.1. The molecule has 0 amide bonds. The Bertz CT molecular complexity index is 645. The van der Waals surface area contributed by atoms with Crippen LogP contribution in [0.2, 0.25) is 0 Å². The lowest BCUT2D eigenvalue weighted by molar-refractivity contribution is -0.384. The number of carbonyl (C=O) groups is 1. The van der Waals surface area contributed by atoms with Crippen molar-refractivity contribution < 1.29 is 14.5 Å². The number of nitro groups is 1. The normalized spacial score (nSPS) is 11.5. The number of benzene rings is 1. The Morgan fingerprint density at radius 1 is 1.38 bits per heavy atom. The molecule has 1 aromatic rings. The molecule has 21 heavy (non-hydrogen) atoms. The molecule has 6 heteroatoms. The maximum absolute atomic E-state index is 11.6. The van der Waals surface area contributed by atoms with Crippen molar-refractivity contribution in [1.82, 2.24) is 0 Å². The van der Waals surface area contributed by atoms with Gasteiger partial charge in [0.15, 0.2) is 0 Å². The number of hydrogen-bond donors (Lipinski definition) is 0. The maximum Gasteiger partial charge on any atom is 0.338 e. The van der Waals surface area contributed by atoms with Crippen LogP contribution in [0.15, 0.2) is 41.4 Å². The van der Waals surface area contributed by atoms with Gasteiger partial charge >= 0.3 is 5.97 Å². The summed E-state index contributed by atoms with van der Waals surface area (Å²) in [6.45, 7) is 7.23. The molecule has 0 atom stereocenters. The first kappa shape index (κ1) is 16.3. The Morgan fingerprint density at radius 3 is 2.48 bits per heavy atom. The summed E-state index contributed by atoms with van der Waals surface area (Å²) in [4.78, 5) is 26.2. The molecule has 0 radical (unpaired) electrons. The van der Waals surface area contributed by atoms with Gasteiger partial charge < -0.3 is 4.74 Å². The quantitative estimate of drug-likeness (QED) is 0.360. The third kappa shape index (κ3) is 4.38. The summed E-state index contributed by atoms with van der Waals surface area (Å²) < 4.78 is 4.60. The van der Waals surface area contributed by atoms with Crippen molar-refractivity contribution in [1.29, 1.82) is 0 Å². The summed E-state index contributed by atoms with van der Waals surface area (Å²) in [6, 6.07) is 4.03. The fourth-order valence-electron chi connectivity index (χ4n) is 1.60. The van der Waals surface area contributed by atoms with Gasteiger partial charge in [0.2, 0.25) is 0 Å². The van der Waals surface area contributed by atoms with E-state index in [2.05, 4.69) is 16.3 Å². The number of nitro benzene ring substituents is 1. The van der Waals surface area contributed by atoms with Crippen molar-refractivity contribution in [2.45, 2.75) is 13.8 Å². The van der Waals surface area contributed by atoms with Gasteiger partial charge in [0, 0.05) is 23.9 Å². The minimum atomic E-state index is -0.640. The van der Waals surface area contributed by atoms with E-state index < -0.39 is 10.9 Å². The summed E-state index contributed by atoms with van der Waals surface area (Å²) in [6.07, 6.45) is 3.24. The van der Waals surface area contributed by atoms with Crippen LogP contribution < -0.4 is 0 Å². The number of allylic oxidation sites excluding steroid dienone is 2. The van der Waals surface area contributed by atoms with E-state index in [0.29, 0.717) is 11.3 Å². The number of ether oxygens (including phenoxy) is 1. The SMILES string of the molecule is C=C(C)C=N/C(=C\C)c1cc(C(=O)OC)cc([N+](=O)[O-])c1. The molecule has 0 saturated carbocycles. The zero-order chi connectivity index (χ0) is 16.0. The van der Waals surface area contributed by atoms with E-state index in [0.717, 1.165) is 5.57 Å². The van der Waals surface area contributed by atoms with Crippen LogP contribution in [0.5, 0.6) is 0 Å². The highest BCUT2D eigenvalue weighted by Gasteiger charge is 2.16. The Kier molecular flexibility index (Phi) is 5.54. The Labute approximate surface area is 122 Å². The lowest BCUT2D eigenvalue weighted by atomic mass is 10.1. The van der Waals surface area contributed by atoms with Gasteiger partial charge in [-0.05, 0) is 25.5 Å². The van der Waals surface area contributed by atoms with Crippen molar-refractivity contribution in [3.63, 3.8) is 0 Å². The number of methoxy groups -OCH3 is 1. The van der Waals surface area contributed by atoms with Gasteiger partial charge in [0.25, 0.3) is 5.69 Å². The molecule has 0 aliphatic rings. The molecule has 0 aliphatic carbocycles. The van der Waals surface area contributed by atoms with Crippen LogP contribution in [0, 0.1) is 10.1 Å². The fourth-order valence-corrected chi connectivity index (χ4v) is 1.60. The molecule has 0 fully saturated rings. The van der Waals surface area contributed by atoms with Gasteiger partial charge in [-0.15, -0.1) is 0 Å². The van der Waals surface area contributed by atoms with Crippen LogP contribution in [0.1, 0.15) is 29.8 Å². The van der Waals surface area contributed by atoms with Gasteiger partial charge in [0.1, 0.15) is 0 Å². The van der Waals surface area contributed by atoms with E-state index in [9.17, 15) is 14.9 Å². The lowest BCUT2D eigenvalue weighted by Gasteiger charge is -2.05. The first-order valence-electron chi connectivity index (χ1n) is 6.13. The number of rotatable bonds is 5. The topological polar surface area (TPSA) is 81.8 Å². The summed E-state index contributed by atoms with van der Waals surface area (Å²) in [5.74, 6) is -0.640. The average molecular weight is 288 g/mol. The molecule has 0 saturated heterocycles. The number of aliphatic imine (C=N–C) groups is 1. The minimum Gasteiger partial charge on any atom is -0.465 e. The second-order valence-corrected chi connectivity index (χ2v) is 4.30. The predicted molar refractivity (Wildman–Crippen MR) is 81.4 cm³/mol. The summed E-state index contributed by atoms with van der Waals surface area (Å²) in [7, 11) is 1.22. The van der Waals surface area contributed by atoms with E-state index >= 15 is 0 Å². The lowest BCUT2D eigenvalue weighted by Crippen LogP contribution is -2.03. The van der Waals surface area contributed by atoms with Crippen LogP contribution in [-0.2, 0) is 4.74 Å². The van der Waals surface area contributed by atoms with Gasteiger partial charge in [0.05, 0.1) is 23.3 Å².